The van der Waals surface area contributed by atoms with Gasteiger partial charge in [-0.15, -0.1) is 0 Å². The first-order chi connectivity index (χ1) is 13.1. The molecule has 1 heterocycles. The van der Waals surface area contributed by atoms with Crippen molar-refractivity contribution in [1.29, 1.82) is 0 Å². The van der Waals surface area contributed by atoms with E-state index in [1.165, 1.54) is 12.1 Å². The fourth-order valence-corrected chi connectivity index (χ4v) is 3.03. The van der Waals surface area contributed by atoms with E-state index in [1.807, 2.05) is 36.4 Å². The summed E-state index contributed by atoms with van der Waals surface area (Å²) in [6.45, 7) is 0. The SMILES string of the molecule is O=C(ON1C(=O)c2ccccc2C1=O)c1cccc(Cc2ccccc2)c1. The van der Waals surface area contributed by atoms with Crippen LogP contribution in [0, 0.1) is 0 Å². The maximum atomic E-state index is 12.5. The number of amides is 2. The standard InChI is InChI=1S/C22H15NO4/c24-20-18-11-4-5-12-19(18)21(25)23(20)27-22(26)17-10-6-9-16(14-17)13-15-7-2-1-3-8-15/h1-12,14H,13H2. The molecule has 3 aromatic rings. The topological polar surface area (TPSA) is 63.7 Å². The lowest BCUT2D eigenvalue weighted by molar-refractivity contribution is -0.0584. The first kappa shape index (κ1) is 16.7. The second-order valence-corrected chi connectivity index (χ2v) is 6.19. The number of nitrogens with zero attached hydrogens (tertiary/aromatic N) is 1. The van der Waals surface area contributed by atoms with Crippen molar-refractivity contribution in [3.8, 4) is 0 Å². The Kier molecular flexibility index (Phi) is 4.26. The highest BCUT2D eigenvalue weighted by molar-refractivity contribution is 6.21. The van der Waals surface area contributed by atoms with E-state index in [1.54, 1.807) is 30.3 Å². The maximum absolute atomic E-state index is 12.5. The smallest absolute Gasteiger partial charge is 0.324 e. The molecular formula is C22H15NO4. The van der Waals surface area contributed by atoms with Crippen LogP contribution in [-0.2, 0) is 11.3 Å². The van der Waals surface area contributed by atoms with Gasteiger partial charge in [0.15, 0.2) is 0 Å². The molecule has 27 heavy (non-hydrogen) atoms. The molecule has 0 radical (unpaired) electrons. The molecule has 0 fully saturated rings. The first-order valence-corrected chi connectivity index (χ1v) is 8.46. The molecule has 0 aromatic heterocycles. The van der Waals surface area contributed by atoms with Gasteiger partial charge in [0.2, 0.25) is 0 Å². The molecule has 4 rings (SSSR count). The number of benzene rings is 3. The number of hydroxylamine groups is 2. The molecule has 0 saturated heterocycles. The van der Waals surface area contributed by atoms with E-state index in [2.05, 4.69) is 0 Å². The van der Waals surface area contributed by atoms with Gasteiger partial charge in [-0.1, -0.05) is 59.7 Å². The maximum Gasteiger partial charge on any atom is 0.363 e. The van der Waals surface area contributed by atoms with Gasteiger partial charge >= 0.3 is 5.97 Å². The predicted molar refractivity (Wildman–Crippen MR) is 98.0 cm³/mol. The van der Waals surface area contributed by atoms with Crippen molar-refractivity contribution in [2.75, 3.05) is 0 Å². The van der Waals surface area contributed by atoms with Crippen molar-refractivity contribution in [2.45, 2.75) is 6.42 Å². The summed E-state index contributed by atoms with van der Waals surface area (Å²) >= 11 is 0. The molecule has 5 nitrogen and oxygen atoms in total. The van der Waals surface area contributed by atoms with E-state index in [0.717, 1.165) is 11.1 Å². The molecule has 0 bridgehead atoms. The zero-order valence-electron chi connectivity index (χ0n) is 14.3. The molecule has 0 spiro atoms. The zero-order valence-corrected chi connectivity index (χ0v) is 14.3. The Hall–Kier alpha value is -3.73. The molecule has 0 unspecified atom stereocenters. The van der Waals surface area contributed by atoms with Gasteiger partial charge in [0.25, 0.3) is 11.8 Å². The zero-order chi connectivity index (χ0) is 18.8. The van der Waals surface area contributed by atoms with Crippen molar-refractivity contribution in [3.05, 3.63) is 107 Å². The summed E-state index contributed by atoms with van der Waals surface area (Å²) in [6, 6.07) is 23.2. The van der Waals surface area contributed by atoms with Crippen LogP contribution in [0.2, 0.25) is 0 Å². The third kappa shape index (κ3) is 3.22. The Labute approximate surface area is 155 Å². The highest BCUT2D eigenvalue weighted by Crippen LogP contribution is 2.23. The highest BCUT2D eigenvalue weighted by Gasteiger charge is 2.38. The lowest BCUT2D eigenvalue weighted by Gasteiger charge is -2.13. The van der Waals surface area contributed by atoms with E-state index in [0.29, 0.717) is 11.5 Å². The van der Waals surface area contributed by atoms with E-state index in [4.69, 9.17) is 4.84 Å². The molecule has 1 aliphatic rings. The molecular weight excluding hydrogens is 342 g/mol. The van der Waals surface area contributed by atoms with Crippen molar-refractivity contribution in [1.82, 2.24) is 5.06 Å². The van der Waals surface area contributed by atoms with Gasteiger partial charge in [0.1, 0.15) is 0 Å². The number of hydrogen-bond acceptors (Lipinski definition) is 4. The lowest BCUT2D eigenvalue weighted by Crippen LogP contribution is -2.32. The van der Waals surface area contributed by atoms with Crippen LogP contribution in [0.5, 0.6) is 0 Å². The minimum Gasteiger partial charge on any atom is -0.324 e. The summed E-state index contributed by atoms with van der Waals surface area (Å²) in [5.41, 5.74) is 2.78. The molecule has 5 heteroatoms. The fourth-order valence-electron chi connectivity index (χ4n) is 3.03. The van der Waals surface area contributed by atoms with Crippen LogP contribution in [0.25, 0.3) is 0 Å². The van der Waals surface area contributed by atoms with Gasteiger partial charge in [-0.2, -0.15) is 0 Å². The molecule has 132 valence electrons. The Bertz CT molecular complexity index is 1010. The Balaban J connectivity index is 1.52. The Morgan fingerprint density at radius 1 is 0.741 bits per heavy atom. The monoisotopic (exact) mass is 357 g/mol. The number of carbonyl (C=O) groups is 3. The summed E-state index contributed by atoms with van der Waals surface area (Å²) in [5, 5.41) is 0.525. The van der Waals surface area contributed by atoms with Crippen molar-refractivity contribution < 1.29 is 19.2 Å². The lowest BCUT2D eigenvalue weighted by atomic mass is 10.0. The van der Waals surface area contributed by atoms with E-state index >= 15 is 0 Å². The largest absolute Gasteiger partial charge is 0.363 e. The van der Waals surface area contributed by atoms with Crippen LogP contribution >= 0.6 is 0 Å². The van der Waals surface area contributed by atoms with Gasteiger partial charge in [0.05, 0.1) is 16.7 Å². The van der Waals surface area contributed by atoms with Crippen LogP contribution in [-0.4, -0.2) is 22.8 Å². The van der Waals surface area contributed by atoms with E-state index in [-0.39, 0.29) is 16.7 Å². The van der Waals surface area contributed by atoms with Gasteiger partial charge < -0.3 is 4.84 Å². The van der Waals surface area contributed by atoms with Gasteiger partial charge in [-0.25, -0.2) is 4.79 Å². The van der Waals surface area contributed by atoms with Crippen LogP contribution in [0.1, 0.15) is 42.2 Å². The van der Waals surface area contributed by atoms with E-state index in [9.17, 15) is 14.4 Å². The second kappa shape index (κ2) is 6.88. The fraction of sp³-hybridized carbons (Fsp3) is 0.0455. The van der Waals surface area contributed by atoms with Crippen LogP contribution in [0.15, 0.2) is 78.9 Å². The second-order valence-electron chi connectivity index (χ2n) is 6.19. The molecule has 3 aromatic carbocycles. The number of hydrogen-bond donors (Lipinski definition) is 0. The van der Waals surface area contributed by atoms with Crippen molar-refractivity contribution >= 4 is 17.8 Å². The minimum atomic E-state index is -0.751. The molecule has 1 aliphatic heterocycles. The van der Waals surface area contributed by atoms with Crippen molar-refractivity contribution in [2.24, 2.45) is 0 Å². The quantitative estimate of drug-likeness (QED) is 0.669. The predicted octanol–water partition coefficient (Wildman–Crippen LogP) is 3.65. The number of rotatable bonds is 4. The Morgan fingerprint density at radius 3 is 2.00 bits per heavy atom. The summed E-state index contributed by atoms with van der Waals surface area (Å²) in [6.07, 6.45) is 0.662. The Morgan fingerprint density at radius 2 is 1.33 bits per heavy atom. The van der Waals surface area contributed by atoms with Gasteiger partial charge in [-0.05, 0) is 41.8 Å². The minimum absolute atomic E-state index is 0.230. The van der Waals surface area contributed by atoms with E-state index < -0.39 is 17.8 Å². The molecule has 0 aliphatic carbocycles. The molecule has 0 N–H and O–H groups in total. The highest BCUT2D eigenvalue weighted by atomic mass is 16.7. The first-order valence-electron chi connectivity index (χ1n) is 8.46. The summed E-state index contributed by atoms with van der Waals surface area (Å²) in [5.74, 6) is -2.02. The average molecular weight is 357 g/mol. The van der Waals surface area contributed by atoms with Crippen LogP contribution in [0.3, 0.4) is 0 Å². The summed E-state index contributed by atoms with van der Waals surface area (Å²) < 4.78 is 0. The number of fused-ring (bicyclic) bond motifs is 1. The summed E-state index contributed by atoms with van der Waals surface area (Å²) in [7, 11) is 0. The van der Waals surface area contributed by atoms with Crippen LogP contribution < -0.4 is 0 Å². The molecule has 0 atom stereocenters. The van der Waals surface area contributed by atoms with Crippen LogP contribution in [0.4, 0.5) is 0 Å². The number of carbonyl (C=O) groups excluding carboxylic acids is 3. The average Bonchev–Trinajstić information content (AvgIpc) is 2.94. The third-order valence-electron chi connectivity index (χ3n) is 4.34. The molecule has 0 saturated carbocycles. The summed E-state index contributed by atoms with van der Waals surface area (Å²) in [4.78, 5) is 42.2. The third-order valence-corrected chi connectivity index (χ3v) is 4.34. The number of imide groups is 1. The van der Waals surface area contributed by atoms with Gasteiger partial charge in [-0.3, -0.25) is 9.59 Å². The normalized spacial score (nSPS) is 12.8. The molecule has 2 amide bonds. The van der Waals surface area contributed by atoms with Gasteiger partial charge in [0, 0.05) is 0 Å². The van der Waals surface area contributed by atoms with Crippen molar-refractivity contribution in [3.63, 3.8) is 0 Å².